The lowest BCUT2D eigenvalue weighted by Gasteiger charge is -1.95. The van der Waals surface area contributed by atoms with Crippen LogP contribution in [0.1, 0.15) is 6.42 Å². The highest BCUT2D eigenvalue weighted by Crippen LogP contribution is 2.12. The van der Waals surface area contributed by atoms with Gasteiger partial charge in [0.2, 0.25) is 5.16 Å². The molecule has 1 heterocycles. The van der Waals surface area contributed by atoms with Crippen molar-refractivity contribution in [1.82, 2.24) is 20.2 Å². The molecule has 0 amide bonds. The third-order valence-corrected chi connectivity index (χ3v) is 2.26. The minimum Gasteiger partial charge on any atom is -0.330 e. The second-order valence-electron chi connectivity index (χ2n) is 2.08. The lowest BCUT2D eigenvalue weighted by atomic mass is 10.5. The van der Waals surface area contributed by atoms with E-state index in [1.807, 2.05) is 7.05 Å². The molecule has 0 saturated heterocycles. The Labute approximate surface area is 69.3 Å². The van der Waals surface area contributed by atoms with Gasteiger partial charge < -0.3 is 5.73 Å². The maximum Gasteiger partial charge on any atom is 0.209 e. The van der Waals surface area contributed by atoms with Crippen LogP contribution < -0.4 is 5.73 Å². The van der Waals surface area contributed by atoms with Gasteiger partial charge in [0.25, 0.3) is 0 Å². The van der Waals surface area contributed by atoms with Crippen molar-refractivity contribution in [3.8, 4) is 0 Å². The number of nitrogens with two attached hydrogens (primary N) is 1. The zero-order valence-electron chi connectivity index (χ0n) is 6.40. The average molecular weight is 173 g/mol. The highest BCUT2D eigenvalue weighted by atomic mass is 32.2. The second kappa shape index (κ2) is 4.30. The SMILES string of the molecule is Cn1nnnc1SCCCN. The highest BCUT2D eigenvalue weighted by molar-refractivity contribution is 7.99. The molecule has 0 aromatic carbocycles. The quantitative estimate of drug-likeness (QED) is 0.498. The molecule has 1 aromatic rings. The van der Waals surface area contributed by atoms with Crippen molar-refractivity contribution in [2.45, 2.75) is 11.6 Å². The van der Waals surface area contributed by atoms with Crippen molar-refractivity contribution < 1.29 is 0 Å². The summed E-state index contributed by atoms with van der Waals surface area (Å²) < 4.78 is 1.65. The molecule has 62 valence electrons. The van der Waals surface area contributed by atoms with E-state index in [0.29, 0.717) is 0 Å². The minimum absolute atomic E-state index is 0.721. The van der Waals surface area contributed by atoms with E-state index in [2.05, 4.69) is 15.5 Å². The van der Waals surface area contributed by atoms with Crippen LogP contribution in [0.15, 0.2) is 5.16 Å². The molecule has 0 saturated carbocycles. The first-order valence-corrected chi connectivity index (χ1v) is 4.38. The molecule has 11 heavy (non-hydrogen) atoms. The number of aryl methyl sites for hydroxylation is 1. The van der Waals surface area contributed by atoms with Crippen LogP contribution in [0.3, 0.4) is 0 Å². The van der Waals surface area contributed by atoms with E-state index in [1.54, 1.807) is 16.4 Å². The fourth-order valence-electron chi connectivity index (χ4n) is 0.590. The number of rotatable bonds is 4. The Kier molecular flexibility index (Phi) is 3.31. The summed E-state index contributed by atoms with van der Waals surface area (Å²) in [5, 5.41) is 11.9. The summed E-state index contributed by atoms with van der Waals surface area (Å²) in [7, 11) is 1.82. The molecule has 0 aliphatic heterocycles. The molecule has 0 radical (unpaired) electrons. The first-order valence-electron chi connectivity index (χ1n) is 3.40. The largest absolute Gasteiger partial charge is 0.330 e. The van der Waals surface area contributed by atoms with E-state index < -0.39 is 0 Å². The van der Waals surface area contributed by atoms with E-state index in [1.165, 1.54) is 0 Å². The second-order valence-corrected chi connectivity index (χ2v) is 3.14. The van der Waals surface area contributed by atoms with Gasteiger partial charge in [-0.15, -0.1) is 5.10 Å². The van der Waals surface area contributed by atoms with Crippen LogP contribution in [-0.4, -0.2) is 32.5 Å². The van der Waals surface area contributed by atoms with Gasteiger partial charge in [-0.1, -0.05) is 11.8 Å². The van der Waals surface area contributed by atoms with E-state index in [0.717, 1.165) is 23.9 Å². The first kappa shape index (κ1) is 8.48. The van der Waals surface area contributed by atoms with Crippen LogP contribution >= 0.6 is 11.8 Å². The van der Waals surface area contributed by atoms with Gasteiger partial charge >= 0.3 is 0 Å². The number of thioether (sulfide) groups is 1. The Hall–Kier alpha value is -0.620. The van der Waals surface area contributed by atoms with Crippen molar-refractivity contribution in [1.29, 1.82) is 0 Å². The van der Waals surface area contributed by atoms with Gasteiger partial charge in [0.05, 0.1) is 0 Å². The zero-order valence-corrected chi connectivity index (χ0v) is 7.21. The van der Waals surface area contributed by atoms with Gasteiger partial charge in [-0.2, -0.15) is 0 Å². The molecule has 0 aliphatic rings. The Morgan fingerprint density at radius 2 is 2.45 bits per heavy atom. The van der Waals surface area contributed by atoms with E-state index in [9.17, 15) is 0 Å². The number of hydrogen-bond acceptors (Lipinski definition) is 5. The third kappa shape index (κ3) is 2.47. The van der Waals surface area contributed by atoms with Crippen LogP contribution in [0.2, 0.25) is 0 Å². The summed E-state index contributed by atoms with van der Waals surface area (Å²) in [6.45, 7) is 0.721. The monoisotopic (exact) mass is 173 g/mol. The van der Waals surface area contributed by atoms with Crippen LogP contribution in [0.25, 0.3) is 0 Å². The summed E-state index contributed by atoms with van der Waals surface area (Å²) in [5.41, 5.74) is 5.33. The summed E-state index contributed by atoms with van der Waals surface area (Å²) in [5.74, 6) is 0.977. The van der Waals surface area contributed by atoms with E-state index in [-0.39, 0.29) is 0 Å². The molecule has 0 atom stereocenters. The van der Waals surface area contributed by atoms with Gasteiger partial charge in [0, 0.05) is 12.8 Å². The third-order valence-electron chi connectivity index (χ3n) is 1.16. The number of nitrogens with zero attached hydrogens (tertiary/aromatic N) is 4. The van der Waals surface area contributed by atoms with E-state index >= 15 is 0 Å². The normalized spacial score (nSPS) is 10.4. The van der Waals surface area contributed by atoms with Gasteiger partial charge in [-0.3, -0.25) is 0 Å². The lowest BCUT2D eigenvalue weighted by Crippen LogP contribution is -2.00. The van der Waals surface area contributed by atoms with Gasteiger partial charge in [-0.05, 0) is 23.4 Å². The molecule has 2 N–H and O–H groups in total. The summed E-state index contributed by atoms with van der Waals surface area (Å²) in [4.78, 5) is 0. The van der Waals surface area contributed by atoms with E-state index in [4.69, 9.17) is 5.73 Å². The fourth-order valence-corrected chi connectivity index (χ4v) is 1.40. The van der Waals surface area contributed by atoms with Crippen LogP contribution in [0, 0.1) is 0 Å². The summed E-state index contributed by atoms with van der Waals surface area (Å²) in [6, 6.07) is 0. The minimum atomic E-state index is 0.721. The lowest BCUT2D eigenvalue weighted by molar-refractivity contribution is 0.664. The zero-order chi connectivity index (χ0) is 8.10. The Morgan fingerprint density at radius 1 is 1.64 bits per heavy atom. The molecule has 0 spiro atoms. The van der Waals surface area contributed by atoms with Crippen molar-refractivity contribution in [2.75, 3.05) is 12.3 Å². The molecule has 0 unspecified atom stereocenters. The maximum absolute atomic E-state index is 5.33. The smallest absolute Gasteiger partial charge is 0.209 e. The first-order chi connectivity index (χ1) is 5.34. The molecule has 0 bridgehead atoms. The average Bonchev–Trinajstić information content (AvgIpc) is 2.37. The standard InChI is InChI=1S/C5H11N5S/c1-10-5(7-8-9-10)11-4-2-3-6/h2-4,6H2,1H3. The molecular weight excluding hydrogens is 162 g/mol. The Balaban J connectivity index is 2.32. The molecule has 1 rings (SSSR count). The summed E-state index contributed by atoms with van der Waals surface area (Å²) >= 11 is 1.63. The molecule has 0 aliphatic carbocycles. The van der Waals surface area contributed by atoms with Gasteiger partial charge in [0.15, 0.2) is 0 Å². The molecular formula is C5H11N5S. The van der Waals surface area contributed by atoms with Crippen LogP contribution in [-0.2, 0) is 7.05 Å². The highest BCUT2D eigenvalue weighted by Gasteiger charge is 2.00. The van der Waals surface area contributed by atoms with Crippen molar-refractivity contribution in [3.63, 3.8) is 0 Å². The number of tetrazole rings is 1. The Morgan fingerprint density at radius 3 is 3.00 bits per heavy atom. The maximum atomic E-state index is 5.33. The predicted molar refractivity (Wildman–Crippen MR) is 43.2 cm³/mol. The fraction of sp³-hybridized carbons (Fsp3) is 0.800. The van der Waals surface area contributed by atoms with Crippen molar-refractivity contribution in [2.24, 2.45) is 12.8 Å². The molecule has 1 aromatic heterocycles. The molecule has 5 nitrogen and oxygen atoms in total. The molecule has 6 heteroatoms. The Bertz CT molecular complexity index is 210. The van der Waals surface area contributed by atoms with Crippen LogP contribution in [0.4, 0.5) is 0 Å². The summed E-state index contributed by atoms with van der Waals surface area (Å²) in [6.07, 6.45) is 0.998. The van der Waals surface area contributed by atoms with Gasteiger partial charge in [0.1, 0.15) is 0 Å². The topological polar surface area (TPSA) is 69.6 Å². The predicted octanol–water partition coefficient (Wildman–Crippen LogP) is -0.349. The number of aromatic nitrogens is 4. The van der Waals surface area contributed by atoms with Crippen molar-refractivity contribution in [3.05, 3.63) is 0 Å². The van der Waals surface area contributed by atoms with Crippen molar-refractivity contribution >= 4 is 11.8 Å². The number of hydrogen-bond donors (Lipinski definition) is 1. The van der Waals surface area contributed by atoms with Gasteiger partial charge in [-0.25, -0.2) is 4.68 Å². The van der Waals surface area contributed by atoms with Crippen LogP contribution in [0.5, 0.6) is 0 Å². The molecule has 0 fully saturated rings.